The number of nitrogens with zero attached hydrogens (tertiary/aromatic N) is 1. The molecule has 0 aromatic heterocycles. The zero-order valence-corrected chi connectivity index (χ0v) is 22.0. The third-order valence-electron chi connectivity index (χ3n) is 6.88. The number of esters is 2. The van der Waals surface area contributed by atoms with Gasteiger partial charge in [-0.15, -0.1) is 0 Å². The summed E-state index contributed by atoms with van der Waals surface area (Å²) in [5.74, 6) is 0.289. The van der Waals surface area contributed by atoms with Crippen molar-refractivity contribution in [1.29, 1.82) is 0 Å². The number of hydrogen-bond acceptors (Lipinski definition) is 7. The predicted octanol–water partition coefficient (Wildman–Crippen LogP) is 4.66. The van der Waals surface area contributed by atoms with Gasteiger partial charge in [0, 0.05) is 6.54 Å². The maximum absolute atomic E-state index is 13.5. The molecule has 0 radical (unpaired) electrons. The third kappa shape index (κ3) is 6.78. The molecule has 1 saturated heterocycles. The zero-order chi connectivity index (χ0) is 26.0. The van der Waals surface area contributed by atoms with Crippen LogP contribution in [0.1, 0.15) is 44.2 Å². The quantitative estimate of drug-likeness (QED) is 0.312. The summed E-state index contributed by atoms with van der Waals surface area (Å²) in [7, 11) is 3.14. The van der Waals surface area contributed by atoms with Crippen LogP contribution in [-0.2, 0) is 32.0 Å². The van der Waals surface area contributed by atoms with Crippen LogP contribution in [0, 0.1) is 11.3 Å². The van der Waals surface area contributed by atoms with E-state index in [1.54, 1.807) is 34.1 Å². The Labute approximate surface area is 214 Å². The van der Waals surface area contributed by atoms with Gasteiger partial charge in [0.25, 0.3) is 0 Å². The molecule has 0 aliphatic carbocycles. The minimum absolute atomic E-state index is 0.176. The highest BCUT2D eigenvalue weighted by atomic mass is 16.6. The van der Waals surface area contributed by atoms with E-state index in [9.17, 15) is 9.59 Å². The molecule has 1 aliphatic rings. The highest BCUT2D eigenvalue weighted by Crippen LogP contribution is 2.39. The van der Waals surface area contributed by atoms with E-state index < -0.39 is 17.4 Å². The van der Waals surface area contributed by atoms with Crippen molar-refractivity contribution in [3.05, 3.63) is 59.7 Å². The average molecular weight is 498 g/mol. The van der Waals surface area contributed by atoms with Gasteiger partial charge in [-0.25, -0.2) is 0 Å². The molecular formula is C29H39NO6. The molecule has 0 amide bonds. The van der Waals surface area contributed by atoms with Crippen LogP contribution in [0.15, 0.2) is 48.5 Å². The molecule has 0 spiro atoms. The molecule has 2 aromatic carbocycles. The van der Waals surface area contributed by atoms with Crippen LogP contribution in [0.4, 0.5) is 0 Å². The van der Waals surface area contributed by atoms with Crippen LogP contribution in [0.5, 0.6) is 11.5 Å². The minimum atomic E-state index is -1.42. The molecule has 0 saturated carbocycles. The predicted molar refractivity (Wildman–Crippen MR) is 138 cm³/mol. The Kier molecular flexibility index (Phi) is 10.2. The van der Waals surface area contributed by atoms with Gasteiger partial charge in [-0.1, -0.05) is 36.4 Å². The number of hydrogen-bond donors (Lipinski definition) is 0. The Morgan fingerprint density at radius 1 is 0.861 bits per heavy atom. The SMILES string of the molecule is CCOC(=O)C(Cc1ccc(OC)c(OC)c1)(CC1CCN(Cc2ccccc2)CC1)C(=O)OCC. The van der Waals surface area contributed by atoms with Gasteiger partial charge in [-0.3, -0.25) is 14.5 Å². The van der Waals surface area contributed by atoms with Gasteiger partial charge >= 0.3 is 11.9 Å². The number of carbonyl (C=O) groups excluding carboxylic acids is 2. The fraction of sp³-hybridized carbons (Fsp3) is 0.517. The summed E-state index contributed by atoms with van der Waals surface area (Å²) >= 11 is 0. The van der Waals surface area contributed by atoms with Crippen molar-refractivity contribution in [3.63, 3.8) is 0 Å². The topological polar surface area (TPSA) is 74.3 Å². The lowest BCUT2D eigenvalue weighted by Gasteiger charge is -2.37. The smallest absolute Gasteiger partial charge is 0.323 e. The summed E-state index contributed by atoms with van der Waals surface area (Å²) in [6, 6.07) is 15.9. The van der Waals surface area contributed by atoms with E-state index in [0.29, 0.717) is 17.9 Å². The highest BCUT2D eigenvalue weighted by Gasteiger charge is 2.50. The van der Waals surface area contributed by atoms with E-state index in [4.69, 9.17) is 18.9 Å². The molecule has 196 valence electrons. The summed E-state index contributed by atoms with van der Waals surface area (Å²) in [5.41, 5.74) is 0.657. The Hall–Kier alpha value is -3.06. The molecule has 0 N–H and O–H groups in total. The molecular weight excluding hydrogens is 458 g/mol. The fourth-order valence-corrected chi connectivity index (χ4v) is 5.03. The molecule has 7 heteroatoms. The van der Waals surface area contributed by atoms with Crippen molar-refractivity contribution in [2.24, 2.45) is 11.3 Å². The van der Waals surface area contributed by atoms with Crippen LogP contribution in [0.2, 0.25) is 0 Å². The number of carbonyl (C=O) groups is 2. The maximum Gasteiger partial charge on any atom is 0.323 e. The molecule has 2 aromatic rings. The molecule has 0 bridgehead atoms. The average Bonchev–Trinajstić information content (AvgIpc) is 2.90. The van der Waals surface area contributed by atoms with Gasteiger partial charge in [0.2, 0.25) is 0 Å². The first-order valence-corrected chi connectivity index (χ1v) is 12.8. The lowest BCUT2D eigenvalue weighted by atomic mass is 9.72. The Morgan fingerprint density at radius 2 is 1.47 bits per heavy atom. The van der Waals surface area contributed by atoms with Crippen molar-refractivity contribution in [1.82, 2.24) is 4.90 Å². The first kappa shape index (κ1) is 27.5. The molecule has 7 nitrogen and oxygen atoms in total. The number of likely N-dealkylation sites (tertiary alicyclic amines) is 1. The second kappa shape index (κ2) is 13.3. The normalized spacial score (nSPS) is 14.8. The van der Waals surface area contributed by atoms with Crippen molar-refractivity contribution in [2.45, 2.75) is 46.1 Å². The second-order valence-electron chi connectivity index (χ2n) is 9.30. The van der Waals surface area contributed by atoms with Crippen LogP contribution in [-0.4, -0.2) is 57.4 Å². The zero-order valence-electron chi connectivity index (χ0n) is 22.0. The van der Waals surface area contributed by atoms with Gasteiger partial charge in [0.1, 0.15) is 0 Å². The Morgan fingerprint density at radius 3 is 2.03 bits per heavy atom. The van der Waals surface area contributed by atoms with Crippen LogP contribution >= 0.6 is 0 Å². The Balaban J connectivity index is 1.83. The van der Waals surface area contributed by atoms with Crippen LogP contribution in [0.25, 0.3) is 0 Å². The van der Waals surface area contributed by atoms with Gasteiger partial charge in [-0.05, 0) is 81.8 Å². The van der Waals surface area contributed by atoms with Crippen molar-refractivity contribution in [3.8, 4) is 11.5 Å². The lowest BCUT2D eigenvalue weighted by Crippen LogP contribution is -2.46. The molecule has 3 rings (SSSR count). The van der Waals surface area contributed by atoms with Crippen molar-refractivity contribution < 1.29 is 28.5 Å². The second-order valence-corrected chi connectivity index (χ2v) is 9.30. The van der Waals surface area contributed by atoms with E-state index >= 15 is 0 Å². The summed E-state index contributed by atoms with van der Waals surface area (Å²) in [6.45, 7) is 6.64. The molecule has 36 heavy (non-hydrogen) atoms. The van der Waals surface area contributed by atoms with Crippen molar-refractivity contribution in [2.75, 3.05) is 40.5 Å². The molecule has 1 aliphatic heterocycles. The van der Waals surface area contributed by atoms with E-state index in [2.05, 4.69) is 29.2 Å². The standard InChI is InChI=1S/C29H39NO6/c1-5-35-27(31)29(28(32)36-6-2,20-24-12-13-25(33-3)26(18-24)34-4)19-22-14-16-30(17-15-22)21-23-10-8-7-9-11-23/h7-13,18,22H,5-6,14-17,19-21H2,1-4H3. The summed E-state index contributed by atoms with van der Waals surface area (Å²) in [5, 5.41) is 0. The van der Waals surface area contributed by atoms with Gasteiger partial charge in [0.05, 0.1) is 27.4 Å². The number of rotatable bonds is 12. The largest absolute Gasteiger partial charge is 0.493 e. The lowest BCUT2D eigenvalue weighted by molar-refractivity contribution is -0.174. The first-order chi connectivity index (χ1) is 17.4. The monoisotopic (exact) mass is 497 g/mol. The third-order valence-corrected chi connectivity index (χ3v) is 6.88. The number of piperidine rings is 1. The number of benzene rings is 2. The molecule has 0 atom stereocenters. The minimum Gasteiger partial charge on any atom is -0.493 e. The van der Waals surface area contributed by atoms with Crippen molar-refractivity contribution >= 4 is 11.9 Å². The van der Waals surface area contributed by atoms with E-state index in [1.165, 1.54) is 5.56 Å². The van der Waals surface area contributed by atoms with E-state index in [0.717, 1.165) is 38.0 Å². The van der Waals surface area contributed by atoms with Gasteiger partial charge in [0.15, 0.2) is 16.9 Å². The molecule has 0 unspecified atom stereocenters. The highest BCUT2D eigenvalue weighted by molar-refractivity contribution is 6.00. The first-order valence-electron chi connectivity index (χ1n) is 12.8. The number of ether oxygens (including phenoxy) is 4. The van der Waals surface area contributed by atoms with Gasteiger partial charge < -0.3 is 18.9 Å². The van der Waals surface area contributed by atoms with E-state index in [-0.39, 0.29) is 25.6 Å². The molecule has 1 fully saturated rings. The fourth-order valence-electron chi connectivity index (χ4n) is 5.03. The van der Waals surface area contributed by atoms with Crippen LogP contribution in [0.3, 0.4) is 0 Å². The Bertz CT molecular complexity index is 967. The van der Waals surface area contributed by atoms with E-state index in [1.807, 2.05) is 18.2 Å². The number of methoxy groups -OCH3 is 2. The summed E-state index contributed by atoms with van der Waals surface area (Å²) in [6.07, 6.45) is 2.37. The van der Waals surface area contributed by atoms with Crippen LogP contribution < -0.4 is 9.47 Å². The summed E-state index contributed by atoms with van der Waals surface area (Å²) in [4.78, 5) is 29.3. The van der Waals surface area contributed by atoms with Gasteiger partial charge in [-0.2, -0.15) is 0 Å². The molecule has 1 heterocycles. The summed E-state index contributed by atoms with van der Waals surface area (Å²) < 4.78 is 21.8. The maximum atomic E-state index is 13.5.